The third-order valence-corrected chi connectivity index (χ3v) is 3.38. The van der Waals surface area contributed by atoms with E-state index >= 15 is 0 Å². The number of nitrogens with zero attached hydrogens (tertiary/aromatic N) is 1. The molecule has 1 heterocycles. The number of carbonyl (C=O) groups is 1. The predicted octanol–water partition coefficient (Wildman–Crippen LogP) is 3.40. The molecule has 0 bridgehead atoms. The normalized spacial score (nSPS) is 10.3. The van der Waals surface area contributed by atoms with Gasteiger partial charge < -0.3 is 11.1 Å². The fourth-order valence-electron chi connectivity index (χ4n) is 1.55. The first-order chi connectivity index (χ1) is 9.45. The molecule has 2 aromatic rings. The lowest BCUT2D eigenvalue weighted by atomic mass is 10.2. The third kappa shape index (κ3) is 3.68. The number of anilines is 2. The van der Waals surface area contributed by atoms with E-state index in [1.165, 1.54) is 12.3 Å². The zero-order valence-electron chi connectivity index (χ0n) is 10.2. The van der Waals surface area contributed by atoms with E-state index in [9.17, 15) is 9.18 Å². The highest BCUT2D eigenvalue weighted by molar-refractivity contribution is 9.10. The molecule has 0 aliphatic heterocycles. The van der Waals surface area contributed by atoms with Gasteiger partial charge >= 0.3 is 0 Å². The summed E-state index contributed by atoms with van der Waals surface area (Å²) in [5, 5.41) is 2.73. The van der Waals surface area contributed by atoms with Crippen molar-refractivity contribution in [2.75, 3.05) is 11.1 Å². The first kappa shape index (κ1) is 14.7. The zero-order valence-corrected chi connectivity index (χ0v) is 12.5. The lowest BCUT2D eigenvalue weighted by Gasteiger charge is -2.09. The molecule has 1 amide bonds. The van der Waals surface area contributed by atoms with Crippen molar-refractivity contribution in [3.05, 3.63) is 51.5 Å². The number of hydrogen-bond acceptors (Lipinski definition) is 3. The lowest BCUT2D eigenvalue weighted by molar-refractivity contribution is -0.115. The molecule has 0 fully saturated rings. The Kier molecular flexibility index (Phi) is 4.57. The van der Waals surface area contributed by atoms with E-state index in [1.54, 1.807) is 12.1 Å². The molecule has 104 valence electrons. The molecule has 1 aromatic heterocycles. The van der Waals surface area contributed by atoms with Crippen molar-refractivity contribution in [2.45, 2.75) is 6.42 Å². The first-order valence-corrected chi connectivity index (χ1v) is 6.77. The number of hydrogen-bond donors (Lipinski definition) is 2. The van der Waals surface area contributed by atoms with Gasteiger partial charge in [-0.05, 0) is 40.2 Å². The number of halogens is 3. The van der Waals surface area contributed by atoms with Crippen molar-refractivity contribution >= 4 is 44.8 Å². The Morgan fingerprint density at radius 3 is 2.80 bits per heavy atom. The van der Waals surface area contributed by atoms with E-state index in [1.807, 2.05) is 0 Å². The van der Waals surface area contributed by atoms with E-state index in [2.05, 4.69) is 26.2 Å². The minimum absolute atomic E-state index is 0.0699. The monoisotopic (exact) mass is 357 g/mol. The van der Waals surface area contributed by atoms with Crippen LogP contribution in [0.1, 0.15) is 5.69 Å². The van der Waals surface area contributed by atoms with Gasteiger partial charge in [0.25, 0.3) is 0 Å². The van der Waals surface area contributed by atoms with Crippen molar-refractivity contribution in [2.24, 2.45) is 0 Å². The van der Waals surface area contributed by atoms with Crippen LogP contribution >= 0.6 is 27.5 Å². The molecule has 0 aliphatic rings. The molecule has 0 unspecified atom stereocenters. The molecular weight excluding hydrogens is 349 g/mol. The standard InChI is InChI=1S/C13H10BrClFN3O/c14-10-3-7(16)4-11(15)13(10)19-12(20)5-9-2-1-8(17)6-18-9/h1-4,6H,5,17H2,(H,19,20). The summed E-state index contributed by atoms with van der Waals surface area (Å²) in [4.78, 5) is 15.9. The first-order valence-electron chi connectivity index (χ1n) is 5.60. The van der Waals surface area contributed by atoms with E-state index in [0.29, 0.717) is 21.5 Å². The molecule has 0 saturated carbocycles. The number of nitrogen functional groups attached to an aromatic ring is 1. The number of benzene rings is 1. The van der Waals surface area contributed by atoms with Crippen molar-refractivity contribution in [3.8, 4) is 0 Å². The molecule has 0 radical (unpaired) electrons. The average Bonchev–Trinajstić information content (AvgIpc) is 2.36. The summed E-state index contributed by atoms with van der Waals surface area (Å²) in [7, 11) is 0. The van der Waals surface area contributed by atoms with Crippen molar-refractivity contribution in [1.82, 2.24) is 4.98 Å². The number of nitrogens with one attached hydrogen (secondary N) is 1. The van der Waals surface area contributed by atoms with Gasteiger partial charge in [-0.25, -0.2) is 4.39 Å². The Morgan fingerprint density at radius 2 is 2.20 bits per heavy atom. The molecule has 0 atom stereocenters. The van der Waals surface area contributed by atoms with E-state index < -0.39 is 5.82 Å². The fourth-order valence-corrected chi connectivity index (χ4v) is 2.45. The molecule has 0 aliphatic carbocycles. The van der Waals surface area contributed by atoms with Gasteiger partial charge in [0.2, 0.25) is 5.91 Å². The smallest absolute Gasteiger partial charge is 0.230 e. The van der Waals surface area contributed by atoms with Gasteiger partial charge in [0.15, 0.2) is 0 Å². The van der Waals surface area contributed by atoms with E-state index in [0.717, 1.165) is 6.07 Å². The molecule has 0 saturated heterocycles. The Morgan fingerprint density at radius 1 is 1.45 bits per heavy atom. The Hall–Kier alpha value is -1.66. The second-order valence-corrected chi connectivity index (χ2v) is 5.31. The highest BCUT2D eigenvalue weighted by Crippen LogP contribution is 2.31. The van der Waals surface area contributed by atoms with Crippen molar-refractivity contribution in [3.63, 3.8) is 0 Å². The van der Waals surface area contributed by atoms with Crippen LogP contribution in [0.15, 0.2) is 34.9 Å². The Bertz CT molecular complexity index is 626. The van der Waals surface area contributed by atoms with Crippen molar-refractivity contribution < 1.29 is 9.18 Å². The molecular formula is C13H10BrClFN3O. The van der Waals surface area contributed by atoms with Crippen LogP contribution in [0.2, 0.25) is 5.02 Å². The third-order valence-electron chi connectivity index (χ3n) is 2.46. The van der Waals surface area contributed by atoms with Gasteiger partial charge in [0.1, 0.15) is 5.82 Å². The van der Waals surface area contributed by atoms with Gasteiger partial charge in [-0.15, -0.1) is 0 Å². The summed E-state index contributed by atoms with van der Waals surface area (Å²) < 4.78 is 13.5. The van der Waals surface area contributed by atoms with Crippen LogP contribution in [0.25, 0.3) is 0 Å². The maximum atomic E-state index is 13.1. The summed E-state index contributed by atoms with van der Waals surface area (Å²) in [5.41, 5.74) is 6.94. The van der Waals surface area contributed by atoms with Crippen molar-refractivity contribution in [1.29, 1.82) is 0 Å². The number of pyridine rings is 1. The summed E-state index contributed by atoms with van der Waals surface area (Å²) in [6.45, 7) is 0. The molecule has 2 rings (SSSR count). The maximum absolute atomic E-state index is 13.1. The quantitative estimate of drug-likeness (QED) is 0.883. The summed E-state index contributed by atoms with van der Waals surface area (Å²) in [6, 6.07) is 5.68. The second kappa shape index (κ2) is 6.19. The fraction of sp³-hybridized carbons (Fsp3) is 0.0769. The van der Waals surface area contributed by atoms with E-state index in [-0.39, 0.29) is 17.4 Å². The zero-order chi connectivity index (χ0) is 14.7. The van der Waals surface area contributed by atoms with Crippen LogP contribution in [0.3, 0.4) is 0 Å². The number of rotatable bonds is 3. The Balaban J connectivity index is 2.10. The Labute approximate surface area is 128 Å². The average molecular weight is 359 g/mol. The van der Waals surface area contributed by atoms with Gasteiger partial charge in [0, 0.05) is 10.2 Å². The van der Waals surface area contributed by atoms with Gasteiger partial charge in [0.05, 0.1) is 29.0 Å². The molecule has 4 nitrogen and oxygen atoms in total. The molecule has 20 heavy (non-hydrogen) atoms. The van der Waals surface area contributed by atoms with Crippen LogP contribution < -0.4 is 11.1 Å². The number of amides is 1. The van der Waals surface area contributed by atoms with E-state index in [4.69, 9.17) is 17.3 Å². The highest BCUT2D eigenvalue weighted by atomic mass is 79.9. The van der Waals surface area contributed by atoms with Crippen LogP contribution in [0.4, 0.5) is 15.8 Å². The minimum atomic E-state index is -0.486. The van der Waals surface area contributed by atoms with Gasteiger partial charge in [-0.2, -0.15) is 0 Å². The highest BCUT2D eigenvalue weighted by Gasteiger charge is 2.12. The largest absolute Gasteiger partial charge is 0.397 e. The number of aromatic nitrogens is 1. The maximum Gasteiger partial charge on any atom is 0.230 e. The van der Waals surface area contributed by atoms with Crippen LogP contribution in [0, 0.1) is 5.82 Å². The molecule has 7 heteroatoms. The molecule has 1 aromatic carbocycles. The van der Waals surface area contributed by atoms with Gasteiger partial charge in [-0.1, -0.05) is 11.6 Å². The van der Waals surface area contributed by atoms with Crippen LogP contribution in [0.5, 0.6) is 0 Å². The summed E-state index contributed by atoms with van der Waals surface area (Å²) >= 11 is 9.04. The van der Waals surface area contributed by atoms with Gasteiger partial charge in [-0.3, -0.25) is 9.78 Å². The summed E-state index contributed by atoms with van der Waals surface area (Å²) in [5.74, 6) is -0.795. The predicted molar refractivity (Wildman–Crippen MR) is 80.1 cm³/mol. The SMILES string of the molecule is Nc1ccc(CC(=O)Nc2c(Cl)cc(F)cc2Br)nc1. The summed E-state index contributed by atoms with van der Waals surface area (Å²) in [6.07, 6.45) is 1.55. The number of carbonyl (C=O) groups excluding carboxylic acids is 1. The molecule has 3 N–H and O–H groups in total. The number of nitrogens with two attached hydrogens (primary N) is 1. The topological polar surface area (TPSA) is 68.0 Å². The van der Waals surface area contributed by atoms with Crippen LogP contribution in [-0.4, -0.2) is 10.9 Å². The van der Waals surface area contributed by atoms with Crippen LogP contribution in [-0.2, 0) is 11.2 Å². The molecule has 0 spiro atoms. The second-order valence-electron chi connectivity index (χ2n) is 4.05. The minimum Gasteiger partial charge on any atom is -0.397 e. The lowest BCUT2D eigenvalue weighted by Crippen LogP contribution is -2.16.